The smallest absolute Gasteiger partial charge is 0.305 e. The molecule has 9 atom stereocenters. The molecule has 1 unspecified atom stereocenters. The van der Waals surface area contributed by atoms with Crippen molar-refractivity contribution in [3.63, 3.8) is 0 Å². The maximum absolute atomic E-state index is 11.8. The van der Waals surface area contributed by atoms with E-state index in [2.05, 4.69) is 13.8 Å². The van der Waals surface area contributed by atoms with Crippen LogP contribution in [0.4, 0.5) is 0 Å². The highest BCUT2D eigenvalue weighted by Gasteiger charge is 2.44. The Kier molecular flexibility index (Phi) is 32.3. The summed E-state index contributed by atoms with van der Waals surface area (Å²) < 4.78 is 20.9. The van der Waals surface area contributed by atoms with Crippen molar-refractivity contribution in [3.05, 3.63) is 0 Å². The van der Waals surface area contributed by atoms with E-state index < -0.39 is 61.7 Å². The highest BCUT2D eigenvalue weighted by molar-refractivity contribution is 5.69. The molecule has 2 heterocycles. The summed E-state index contributed by atoms with van der Waals surface area (Å²) in [4.78, 5) is 11.8. The lowest BCUT2D eigenvalue weighted by Crippen LogP contribution is -2.59. The van der Waals surface area contributed by atoms with Gasteiger partial charge in [0.1, 0.15) is 55.4 Å². The summed E-state index contributed by atoms with van der Waals surface area (Å²) in [5.74, 6) is -0.336. The van der Waals surface area contributed by atoms with E-state index in [1.54, 1.807) is 0 Å². The fourth-order valence-corrected chi connectivity index (χ4v) is 6.94. The Morgan fingerprint density at radius 3 is 1.48 bits per heavy atom. The van der Waals surface area contributed by atoms with Crippen LogP contribution >= 0.6 is 0 Å². The molecule has 0 amide bonds. The van der Waals surface area contributed by atoms with E-state index in [9.17, 15) is 35.4 Å². The minimum Gasteiger partial charge on any atom is -0.463 e. The van der Waals surface area contributed by atoms with Crippen molar-refractivity contribution in [2.24, 2.45) is 0 Å². The second-order valence-corrected chi connectivity index (χ2v) is 15.6. The van der Waals surface area contributed by atoms with Gasteiger partial charge in [-0.25, -0.2) is 0 Å². The van der Waals surface area contributed by atoms with E-state index in [1.165, 1.54) is 128 Å². The average molecular weight is 779 g/mol. The lowest BCUT2D eigenvalue weighted by Gasteiger charge is -2.39. The Balaban J connectivity index is 0.000000553. The zero-order chi connectivity index (χ0) is 39.8. The number of unbranched alkanes of at least 4 members (excludes halogenated alkanes) is 23. The number of ether oxygens (including phenoxy) is 4. The van der Waals surface area contributed by atoms with Gasteiger partial charge in [0, 0.05) is 13.0 Å². The fraction of sp³-hybridized carbons (Fsp3) is 0.976. The molecule has 0 bridgehead atoms. The summed E-state index contributed by atoms with van der Waals surface area (Å²) in [6.45, 7) is 4.26. The topological polar surface area (TPSA) is 196 Å². The van der Waals surface area contributed by atoms with Gasteiger partial charge in [-0.1, -0.05) is 162 Å². The minimum absolute atomic E-state index is 0.0179. The largest absolute Gasteiger partial charge is 0.463 e. The first-order valence-electron chi connectivity index (χ1n) is 21.9. The predicted molar refractivity (Wildman–Crippen MR) is 210 cm³/mol. The van der Waals surface area contributed by atoms with Crippen molar-refractivity contribution in [1.29, 1.82) is 0 Å². The van der Waals surface area contributed by atoms with Crippen LogP contribution in [-0.4, -0.2) is 123 Å². The van der Waals surface area contributed by atoms with E-state index in [0.29, 0.717) is 13.0 Å². The van der Waals surface area contributed by atoms with Crippen molar-refractivity contribution in [1.82, 2.24) is 0 Å². The Labute approximate surface area is 327 Å². The minimum atomic E-state index is -1.37. The Morgan fingerprint density at radius 1 is 0.611 bits per heavy atom. The molecule has 0 saturated carbocycles. The number of aliphatic hydroxyl groups is 7. The number of hydrogen-bond acceptors (Lipinski definition) is 12. The average Bonchev–Trinajstić information content (AvgIpc) is 3.51. The first kappa shape index (κ1) is 51.1. The van der Waals surface area contributed by atoms with Crippen molar-refractivity contribution in [3.8, 4) is 0 Å². The van der Waals surface area contributed by atoms with Gasteiger partial charge in [0.25, 0.3) is 0 Å². The van der Waals surface area contributed by atoms with Gasteiger partial charge in [0.2, 0.25) is 0 Å². The van der Waals surface area contributed by atoms with Gasteiger partial charge >= 0.3 is 5.97 Å². The highest BCUT2D eigenvalue weighted by Crippen LogP contribution is 2.23. The summed E-state index contributed by atoms with van der Waals surface area (Å²) in [6.07, 6.45) is 21.8. The van der Waals surface area contributed by atoms with Crippen LogP contribution in [0.2, 0.25) is 0 Å². The molecule has 12 nitrogen and oxygen atoms in total. The molecule has 2 fully saturated rings. The molecule has 322 valence electrons. The summed E-state index contributed by atoms with van der Waals surface area (Å²) in [5, 5.41) is 67.3. The Hall–Kier alpha value is -0.930. The molecule has 0 aliphatic carbocycles. The normalized spacial score (nSPS) is 26.0. The molecule has 12 heteroatoms. The number of aliphatic hydroxyl groups excluding tert-OH is 7. The summed E-state index contributed by atoms with van der Waals surface area (Å²) in [5.41, 5.74) is 0. The lowest BCUT2D eigenvalue weighted by molar-refractivity contribution is -0.301. The van der Waals surface area contributed by atoms with E-state index >= 15 is 0 Å². The molecular weight excluding hydrogens is 696 g/mol. The zero-order valence-corrected chi connectivity index (χ0v) is 34.1. The van der Waals surface area contributed by atoms with Crippen LogP contribution in [-0.2, 0) is 23.7 Å². The quantitative estimate of drug-likeness (QED) is 0.0312. The maximum Gasteiger partial charge on any atom is 0.305 e. The van der Waals surface area contributed by atoms with Gasteiger partial charge in [0.05, 0.1) is 13.2 Å². The zero-order valence-electron chi connectivity index (χ0n) is 34.1. The van der Waals surface area contributed by atoms with Gasteiger partial charge in [0.15, 0.2) is 6.29 Å². The van der Waals surface area contributed by atoms with Crippen LogP contribution in [0, 0.1) is 0 Å². The molecule has 0 aromatic heterocycles. The second kappa shape index (κ2) is 34.1. The first-order chi connectivity index (χ1) is 26.2. The standard InChI is InChI=1S/C24H46O6.C18H36O6/c1-2-3-4-5-6-7-8-9-10-11-12-13-14-15-16-17-22(27)29-19-21(26)24-23(28)20(25)18-30-24;1-2-3-4-5-6-7-8-9-10-11-12-23-18-17(22)16(21)15(20)14(13-19)24-18/h20-21,23-26,28H,2-19H2,1H3;14-22H,2-13H2,1H3/t20-,21?,23+,24-;14-,15-,16+,17-,18-/m11/s1. The molecule has 7 N–H and O–H groups in total. The van der Waals surface area contributed by atoms with Gasteiger partial charge in [-0.15, -0.1) is 0 Å². The van der Waals surface area contributed by atoms with Crippen LogP contribution in [0.15, 0.2) is 0 Å². The predicted octanol–water partition coefficient (Wildman–Crippen LogP) is 6.00. The molecule has 0 aromatic carbocycles. The number of carbonyl (C=O) groups excluding carboxylic acids is 1. The number of esters is 1. The number of carbonyl (C=O) groups is 1. The van der Waals surface area contributed by atoms with Crippen LogP contribution < -0.4 is 0 Å². The highest BCUT2D eigenvalue weighted by atomic mass is 16.7. The van der Waals surface area contributed by atoms with Crippen molar-refractivity contribution in [2.75, 3.05) is 26.4 Å². The molecule has 0 radical (unpaired) electrons. The van der Waals surface area contributed by atoms with E-state index in [-0.39, 0.29) is 19.2 Å². The fourth-order valence-electron chi connectivity index (χ4n) is 6.94. The first-order valence-corrected chi connectivity index (χ1v) is 21.9. The van der Waals surface area contributed by atoms with Gasteiger partial charge < -0.3 is 54.7 Å². The van der Waals surface area contributed by atoms with Crippen LogP contribution in [0.1, 0.15) is 181 Å². The molecule has 54 heavy (non-hydrogen) atoms. The number of rotatable bonds is 32. The second-order valence-electron chi connectivity index (χ2n) is 15.6. The molecule has 2 aliphatic rings. The maximum atomic E-state index is 11.8. The molecule has 0 spiro atoms. The Morgan fingerprint density at radius 2 is 1.06 bits per heavy atom. The van der Waals surface area contributed by atoms with E-state index in [0.717, 1.165) is 32.1 Å². The molecule has 2 rings (SSSR count). The van der Waals surface area contributed by atoms with Crippen molar-refractivity contribution >= 4 is 5.97 Å². The summed E-state index contributed by atoms with van der Waals surface area (Å²) in [7, 11) is 0. The summed E-state index contributed by atoms with van der Waals surface area (Å²) in [6, 6.07) is 0. The van der Waals surface area contributed by atoms with E-state index in [1.807, 2.05) is 0 Å². The monoisotopic (exact) mass is 779 g/mol. The Bertz CT molecular complexity index is 848. The van der Waals surface area contributed by atoms with Gasteiger partial charge in [-0.05, 0) is 12.8 Å². The number of hydrogen-bond donors (Lipinski definition) is 7. The third kappa shape index (κ3) is 24.0. The van der Waals surface area contributed by atoms with Gasteiger partial charge in [-0.2, -0.15) is 0 Å². The van der Waals surface area contributed by atoms with Crippen molar-refractivity contribution < 1.29 is 59.5 Å². The molecular formula is C42H82O12. The lowest BCUT2D eigenvalue weighted by atomic mass is 9.99. The molecule has 2 aliphatic heterocycles. The van der Waals surface area contributed by atoms with Crippen LogP contribution in [0.25, 0.3) is 0 Å². The van der Waals surface area contributed by atoms with Crippen LogP contribution in [0.5, 0.6) is 0 Å². The molecule has 2 saturated heterocycles. The third-order valence-corrected chi connectivity index (χ3v) is 10.6. The van der Waals surface area contributed by atoms with Gasteiger partial charge in [-0.3, -0.25) is 4.79 Å². The van der Waals surface area contributed by atoms with Crippen molar-refractivity contribution in [2.45, 2.75) is 236 Å². The molecule has 0 aromatic rings. The van der Waals surface area contributed by atoms with E-state index in [4.69, 9.17) is 24.1 Å². The SMILES string of the molecule is CCCCCCCCCCCCCCCCCC(=O)OCC(O)[C@H]1OC[C@@H](O)[C@@H]1O.CCCCCCCCCCCCO[C@@H]1O[C@H](CO)[C@@H](O)[C@H](O)[C@H]1O. The summed E-state index contributed by atoms with van der Waals surface area (Å²) >= 11 is 0. The van der Waals surface area contributed by atoms with Crippen LogP contribution in [0.3, 0.4) is 0 Å². The third-order valence-electron chi connectivity index (χ3n) is 10.6.